The predicted octanol–water partition coefficient (Wildman–Crippen LogP) is 0.591. The molecule has 106 valence electrons. The minimum atomic E-state index is -3.10. The highest BCUT2D eigenvalue weighted by atomic mass is 32.2. The Kier molecular flexibility index (Phi) is 3.89. The van der Waals surface area contributed by atoms with Gasteiger partial charge in [-0.1, -0.05) is 18.2 Å². The lowest BCUT2D eigenvalue weighted by Gasteiger charge is -2.07. The van der Waals surface area contributed by atoms with E-state index >= 15 is 0 Å². The van der Waals surface area contributed by atoms with Gasteiger partial charge in [0.15, 0.2) is 0 Å². The molecule has 1 aromatic carbocycles. The van der Waals surface area contributed by atoms with Crippen LogP contribution in [0.25, 0.3) is 10.9 Å². The molecule has 0 bridgehead atoms. The zero-order chi connectivity index (χ0) is 14.8. The molecule has 2 aromatic rings. The Morgan fingerprint density at radius 2 is 2.05 bits per heavy atom. The SMILES string of the molecule is CS(=O)(=O)CCNC(=O)c1cc(N)c2ccccc2n1. The number of nitrogens with one attached hydrogen (secondary N) is 1. The summed E-state index contributed by atoms with van der Waals surface area (Å²) in [4.78, 5) is 16.1. The van der Waals surface area contributed by atoms with Gasteiger partial charge >= 0.3 is 0 Å². The number of benzene rings is 1. The van der Waals surface area contributed by atoms with Crippen LogP contribution in [-0.2, 0) is 9.84 Å². The Morgan fingerprint density at radius 1 is 1.35 bits per heavy atom. The second-order valence-corrected chi connectivity index (χ2v) is 6.76. The number of rotatable bonds is 4. The van der Waals surface area contributed by atoms with Gasteiger partial charge in [0.05, 0.1) is 11.3 Å². The first-order valence-electron chi connectivity index (χ1n) is 5.98. The first kappa shape index (κ1) is 14.3. The molecule has 0 fully saturated rings. The Bertz CT molecular complexity index is 757. The van der Waals surface area contributed by atoms with Crippen molar-refractivity contribution < 1.29 is 13.2 Å². The summed E-state index contributed by atoms with van der Waals surface area (Å²) in [7, 11) is -3.10. The summed E-state index contributed by atoms with van der Waals surface area (Å²) in [6.45, 7) is 0.0477. The number of aromatic nitrogens is 1. The lowest BCUT2D eigenvalue weighted by molar-refractivity contribution is 0.0951. The highest BCUT2D eigenvalue weighted by Gasteiger charge is 2.11. The molecule has 20 heavy (non-hydrogen) atoms. The van der Waals surface area contributed by atoms with Crippen molar-refractivity contribution in [3.05, 3.63) is 36.0 Å². The molecule has 0 atom stereocenters. The Morgan fingerprint density at radius 3 is 2.75 bits per heavy atom. The maximum Gasteiger partial charge on any atom is 0.270 e. The van der Waals surface area contributed by atoms with Crippen molar-refractivity contribution in [3.63, 3.8) is 0 Å². The van der Waals surface area contributed by atoms with E-state index in [1.54, 1.807) is 12.1 Å². The zero-order valence-corrected chi connectivity index (χ0v) is 11.8. The molecular weight excluding hydrogens is 278 g/mol. The fourth-order valence-corrected chi connectivity index (χ4v) is 2.23. The normalized spacial score (nSPS) is 11.4. The number of fused-ring (bicyclic) bond motifs is 1. The number of nitrogens with zero attached hydrogens (tertiary/aromatic N) is 1. The second-order valence-electron chi connectivity index (χ2n) is 4.50. The third kappa shape index (κ3) is 3.45. The van der Waals surface area contributed by atoms with Crippen molar-refractivity contribution in [1.82, 2.24) is 10.3 Å². The van der Waals surface area contributed by atoms with Crippen LogP contribution in [-0.4, -0.2) is 37.9 Å². The molecule has 1 aromatic heterocycles. The van der Waals surface area contributed by atoms with E-state index in [4.69, 9.17) is 5.73 Å². The highest BCUT2D eigenvalue weighted by molar-refractivity contribution is 7.90. The van der Waals surface area contributed by atoms with Crippen LogP contribution in [0.4, 0.5) is 5.69 Å². The van der Waals surface area contributed by atoms with E-state index in [2.05, 4.69) is 10.3 Å². The van der Waals surface area contributed by atoms with Gasteiger partial charge in [-0.05, 0) is 12.1 Å². The van der Waals surface area contributed by atoms with Gasteiger partial charge in [-0.3, -0.25) is 4.79 Å². The number of hydrogen-bond acceptors (Lipinski definition) is 5. The fraction of sp³-hybridized carbons (Fsp3) is 0.231. The molecular formula is C13H15N3O3S. The molecule has 6 nitrogen and oxygen atoms in total. The molecule has 0 saturated heterocycles. The summed E-state index contributed by atoms with van der Waals surface area (Å²) in [5.74, 6) is -0.548. The lowest BCUT2D eigenvalue weighted by Crippen LogP contribution is -2.29. The number of para-hydroxylation sites is 1. The Labute approximate surface area is 116 Å². The van der Waals surface area contributed by atoms with Crippen LogP contribution in [0.2, 0.25) is 0 Å². The van der Waals surface area contributed by atoms with Crippen molar-refractivity contribution >= 4 is 32.3 Å². The molecule has 0 aliphatic rings. The number of sulfone groups is 1. The van der Waals surface area contributed by atoms with Crippen LogP contribution >= 0.6 is 0 Å². The summed E-state index contributed by atoms with van der Waals surface area (Å²) in [6.07, 6.45) is 1.12. The minimum Gasteiger partial charge on any atom is -0.398 e. The molecule has 1 amide bonds. The number of hydrogen-bond donors (Lipinski definition) is 2. The maximum atomic E-state index is 11.9. The van der Waals surface area contributed by atoms with E-state index in [9.17, 15) is 13.2 Å². The number of amides is 1. The van der Waals surface area contributed by atoms with Crippen LogP contribution in [0.5, 0.6) is 0 Å². The number of carbonyl (C=O) groups is 1. The van der Waals surface area contributed by atoms with Gasteiger partial charge in [-0.15, -0.1) is 0 Å². The fourth-order valence-electron chi connectivity index (χ4n) is 1.76. The van der Waals surface area contributed by atoms with Gasteiger partial charge in [0.2, 0.25) is 0 Å². The second kappa shape index (κ2) is 5.46. The molecule has 0 spiro atoms. The van der Waals surface area contributed by atoms with Crippen LogP contribution < -0.4 is 11.1 Å². The van der Waals surface area contributed by atoms with E-state index in [-0.39, 0.29) is 18.0 Å². The number of anilines is 1. The molecule has 2 rings (SSSR count). The maximum absolute atomic E-state index is 11.9. The van der Waals surface area contributed by atoms with E-state index in [1.165, 1.54) is 6.07 Å². The summed E-state index contributed by atoms with van der Waals surface area (Å²) in [5, 5.41) is 3.29. The third-order valence-corrected chi connectivity index (χ3v) is 3.68. The summed E-state index contributed by atoms with van der Waals surface area (Å²) < 4.78 is 22.0. The highest BCUT2D eigenvalue weighted by Crippen LogP contribution is 2.19. The summed E-state index contributed by atoms with van der Waals surface area (Å²) in [6, 6.07) is 8.71. The van der Waals surface area contributed by atoms with Crippen molar-refractivity contribution in [2.75, 3.05) is 24.3 Å². The van der Waals surface area contributed by atoms with Gasteiger partial charge in [0, 0.05) is 23.9 Å². The first-order valence-corrected chi connectivity index (χ1v) is 8.04. The Hall–Kier alpha value is -2.15. The lowest BCUT2D eigenvalue weighted by atomic mass is 10.1. The van der Waals surface area contributed by atoms with E-state index in [0.29, 0.717) is 11.2 Å². The van der Waals surface area contributed by atoms with Gasteiger partial charge in [0.25, 0.3) is 5.91 Å². The monoisotopic (exact) mass is 293 g/mol. The first-order chi connectivity index (χ1) is 9.37. The number of nitrogens with two attached hydrogens (primary N) is 1. The van der Waals surface area contributed by atoms with Crippen molar-refractivity contribution in [3.8, 4) is 0 Å². The molecule has 3 N–H and O–H groups in total. The quantitative estimate of drug-likeness (QED) is 0.859. The number of pyridine rings is 1. The van der Waals surface area contributed by atoms with Crippen LogP contribution in [0.1, 0.15) is 10.5 Å². The van der Waals surface area contributed by atoms with E-state index < -0.39 is 15.7 Å². The van der Waals surface area contributed by atoms with Gasteiger partial charge in [0.1, 0.15) is 15.5 Å². The van der Waals surface area contributed by atoms with Crippen LogP contribution in [0, 0.1) is 0 Å². The van der Waals surface area contributed by atoms with Crippen LogP contribution in [0.3, 0.4) is 0 Å². The van der Waals surface area contributed by atoms with Crippen LogP contribution in [0.15, 0.2) is 30.3 Å². The van der Waals surface area contributed by atoms with Gasteiger partial charge in [-0.25, -0.2) is 13.4 Å². The van der Waals surface area contributed by atoms with Gasteiger partial charge in [-0.2, -0.15) is 0 Å². The van der Waals surface area contributed by atoms with Gasteiger partial charge < -0.3 is 11.1 Å². The molecule has 0 unspecified atom stereocenters. The summed E-state index contributed by atoms with van der Waals surface area (Å²) >= 11 is 0. The topological polar surface area (TPSA) is 102 Å². The summed E-state index contributed by atoms with van der Waals surface area (Å²) in [5.41, 5.74) is 7.14. The van der Waals surface area contributed by atoms with Crippen molar-refractivity contribution in [1.29, 1.82) is 0 Å². The minimum absolute atomic E-state index is 0.0477. The molecule has 1 heterocycles. The number of carbonyl (C=O) groups excluding carboxylic acids is 1. The largest absolute Gasteiger partial charge is 0.398 e. The molecule has 0 radical (unpaired) electrons. The average Bonchev–Trinajstić information content (AvgIpc) is 2.37. The molecule has 0 aliphatic heterocycles. The number of nitrogen functional groups attached to an aromatic ring is 1. The van der Waals surface area contributed by atoms with E-state index in [1.807, 2.05) is 12.1 Å². The molecule has 0 aliphatic carbocycles. The smallest absolute Gasteiger partial charge is 0.270 e. The molecule has 7 heteroatoms. The standard InChI is InChI=1S/C13H15N3O3S/c1-20(18,19)7-6-15-13(17)12-8-10(14)9-4-2-3-5-11(9)16-12/h2-5,8H,6-7H2,1H3,(H2,14,16)(H,15,17). The Balaban J connectivity index is 2.18. The third-order valence-electron chi connectivity index (χ3n) is 2.74. The van der Waals surface area contributed by atoms with Crippen molar-refractivity contribution in [2.24, 2.45) is 0 Å². The average molecular weight is 293 g/mol. The van der Waals surface area contributed by atoms with Crippen molar-refractivity contribution in [2.45, 2.75) is 0 Å². The zero-order valence-electron chi connectivity index (χ0n) is 11.0. The van der Waals surface area contributed by atoms with E-state index in [0.717, 1.165) is 11.6 Å². The predicted molar refractivity (Wildman–Crippen MR) is 78.2 cm³/mol. The molecule has 0 saturated carbocycles.